The Morgan fingerprint density at radius 2 is 2.19 bits per heavy atom. The first-order chi connectivity index (χ1) is 7.63. The normalized spacial score (nSPS) is 16.0. The largest absolute Gasteiger partial charge is 0.396 e. The molecule has 0 bridgehead atoms. The Kier molecular flexibility index (Phi) is 2.68. The quantitative estimate of drug-likeness (QED) is 0.775. The second-order valence-electron chi connectivity index (χ2n) is 3.72. The molecule has 1 saturated heterocycles. The van der Waals surface area contributed by atoms with Crippen molar-refractivity contribution in [3.63, 3.8) is 0 Å². The van der Waals surface area contributed by atoms with Crippen LogP contribution in [0.25, 0.3) is 0 Å². The summed E-state index contributed by atoms with van der Waals surface area (Å²) in [6.45, 7) is 3.87. The molecule has 1 aromatic rings. The van der Waals surface area contributed by atoms with Crippen molar-refractivity contribution in [3.8, 4) is 0 Å². The summed E-state index contributed by atoms with van der Waals surface area (Å²) in [7, 11) is 0. The van der Waals surface area contributed by atoms with Crippen LogP contribution in [0.5, 0.6) is 0 Å². The fourth-order valence-electron chi connectivity index (χ4n) is 1.80. The lowest BCUT2D eigenvalue weighted by atomic mass is 10.2. The van der Waals surface area contributed by atoms with Crippen LogP contribution in [0.2, 0.25) is 0 Å². The van der Waals surface area contributed by atoms with Crippen molar-refractivity contribution in [2.75, 3.05) is 30.3 Å². The number of anilines is 2. The topological polar surface area (TPSA) is 49.6 Å². The Morgan fingerprint density at radius 1 is 1.44 bits per heavy atom. The van der Waals surface area contributed by atoms with Crippen LogP contribution in [-0.2, 0) is 0 Å². The van der Waals surface area contributed by atoms with Gasteiger partial charge in [-0.2, -0.15) is 0 Å². The monoisotopic (exact) mass is 223 g/mol. The molecule has 2 N–H and O–H groups in total. The predicted octanol–water partition coefficient (Wildman–Crippen LogP) is 1.67. The minimum atomic E-state index is -0.486. The number of carbonyl (C=O) groups excluding carboxylic acids is 1. The lowest BCUT2D eigenvalue weighted by Gasteiger charge is -2.17. The van der Waals surface area contributed by atoms with E-state index in [-0.39, 0.29) is 11.7 Å². The van der Waals surface area contributed by atoms with E-state index in [0.717, 1.165) is 0 Å². The molecule has 0 radical (unpaired) electrons. The summed E-state index contributed by atoms with van der Waals surface area (Å²) >= 11 is 0. The Morgan fingerprint density at radius 3 is 2.75 bits per heavy atom. The fourth-order valence-corrected chi connectivity index (χ4v) is 1.80. The summed E-state index contributed by atoms with van der Waals surface area (Å²) in [6, 6.07) is 4.36. The van der Waals surface area contributed by atoms with Crippen LogP contribution in [0, 0.1) is 5.82 Å². The Balaban J connectivity index is 2.25. The smallest absolute Gasteiger partial charge is 0.324 e. The molecule has 0 unspecified atom stereocenters. The van der Waals surface area contributed by atoms with Crippen LogP contribution < -0.4 is 10.6 Å². The van der Waals surface area contributed by atoms with Crippen LogP contribution in [-0.4, -0.2) is 30.6 Å². The van der Waals surface area contributed by atoms with Crippen LogP contribution in [0.4, 0.5) is 20.6 Å². The number of nitrogen functional groups attached to an aromatic ring is 1. The first-order valence-electron chi connectivity index (χ1n) is 5.25. The van der Waals surface area contributed by atoms with Crippen LogP contribution in [0.15, 0.2) is 18.2 Å². The second-order valence-corrected chi connectivity index (χ2v) is 3.72. The number of likely N-dealkylation sites (N-methyl/N-ethyl adjacent to an activating group) is 1. The zero-order chi connectivity index (χ0) is 11.7. The molecule has 0 aliphatic carbocycles. The molecule has 86 valence electrons. The summed E-state index contributed by atoms with van der Waals surface area (Å²) in [6.07, 6.45) is 0. The minimum absolute atomic E-state index is 0.0772. The molecule has 0 atom stereocenters. The summed E-state index contributed by atoms with van der Waals surface area (Å²) in [5.74, 6) is -0.486. The molecule has 1 aliphatic rings. The van der Waals surface area contributed by atoms with Gasteiger partial charge in [0.2, 0.25) is 0 Å². The van der Waals surface area contributed by atoms with E-state index in [0.29, 0.717) is 25.3 Å². The van der Waals surface area contributed by atoms with Gasteiger partial charge >= 0.3 is 6.03 Å². The number of urea groups is 1. The second kappa shape index (κ2) is 4.00. The highest BCUT2D eigenvalue weighted by atomic mass is 19.1. The van der Waals surface area contributed by atoms with Crippen LogP contribution >= 0.6 is 0 Å². The maximum atomic E-state index is 13.3. The van der Waals surface area contributed by atoms with Gasteiger partial charge in [0.25, 0.3) is 0 Å². The number of nitrogens with two attached hydrogens (primary N) is 1. The molecule has 2 amide bonds. The van der Waals surface area contributed by atoms with Gasteiger partial charge in [0.05, 0.1) is 5.69 Å². The van der Waals surface area contributed by atoms with Crippen LogP contribution in [0.1, 0.15) is 6.92 Å². The molecule has 1 fully saturated rings. The maximum Gasteiger partial charge on any atom is 0.324 e. The van der Waals surface area contributed by atoms with Crippen molar-refractivity contribution < 1.29 is 9.18 Å². The molecule has 0 saturated carbocycles. The molecule has 1 aliphatic heterocycles. The number of benzene rings is 1. The van der Waals surface area contributed by atoms with Gasteiger partial charge in [-0.15, -0.1) is 0 Å². The van der Waals surface area contributed by atoms with E-state index in [9.17, 15) is 9.18 Å². The molecular formula is C11H14FN3O. The third-order valence-corrected chi connectivity index (χ3v) is 2.77. The van der Waals surface area contributed by atoms with Gasteiger partial charge < -0.3 is 10.6 Å². The molecule has 2 rings (SSSR count). The van der Waals surface area contributed by atoms with E-state index in [1.54, 1.807) is 15.9 Å². The molecular weight excluding hydrogens is 209 g/mol. The number of hydrogen-bond acceptors (Lipinski definition) is 2. The SMILES string of the molecule is CCN1CCN(c2ccc(N)c(F)c2)C1=O. The lowest BCUT2D eigenvalue weighted by molar-refractivity contribution is 0.223. The molecule has 4 nitrogen and oxygen atoms in total. The van der Waals surface area contributed by atoms with Crippen LogP contribution in [0.3, 0.4) is 0 Å². The average Bonchev–Trinajstić information content (AvgIpc) is 2.64. The van der Waals surface area contributed by atoms with Crippen molar-refractivity contribution in [2.45, 2.75) is 6.92 Å². The number of amides is 2. The highest BCUT2D eigenvalue weighted by molar-refractivity contribution is 5.94. The highest BCUT2D eigenvalue weighted by Crippen LogP contribution is 2.23. The van der Waals surface area contributed by atoms with E-state index >= 15 is 0 Å². The third kappa shape index (κ3) is 1.68. The van der Waals surface area contributed by atoms with Gasteiger partial charge in [-0.3, -0.25) is 4.90 Å². The lowest BCUT2D eigenvalue weighted by Crippen LogP contribution is -2.31. The van der Waals surface area contributed by atoms with Crippen molar-refractivity contribution in [3.05, 3.63) is 24.0 Å². The molecule has 0 spiro atoms. The summed E-state index contributed by atoms with van der Waals surface area (Å²) in [4.78, 5) is 15.1. The number of halogens is 1. The van der Waals surface area contributed by atoms with E-state index in [1.165, 1.54) is 12.1 Å². The van der Waals surface area contributed by atoms with Crippen molar-refractivity contribution >= 4 is 17.4 Å². The summed E-state index contributed by atoms with van der Waals surface area (Å²) < 4.78 is 13.3. The van der Waals surface area contributed by atoms with Gasteiger partial charge in [-0.1, -0.05) is 0 Å². The first kappa shape index (κ1) is 10.7. The van der Waals surface area contributed by atoms with E-state index in [2.05, 4.69) is 0 Å². The average molecular weight is 223 g/mol. The van der Waals surface area contributed by atoms with Gasteiger partial charge in [0, 0.05) is 25.3 Å². The molecule has 0 aromatic heterocycles. The zero-order valence-corrected chi connectivity index (χ0v) is 9.11. The van der Waals surface area contributed by atoms with Gasteiger partial charge in [0.1, 0.15) is 5.82 Å². The Bertz CT molecular complexity index is 422. The van der Waals surface area contributed by atoms with Crippen molar-refractivity contribution in [1.82, 2.24) is 4.90 Å². The molecule has 1 aromatic carbocycles. The maximum absolute atomic E-state index is 13.3. The predicted molar refractivity (Wildman–Crippen MR) is 60.8 cm³/mol. The van der Waals surface area contributed by atoms with E-state index < -0.39 is 5.82 Å². The van der Waals surface area contributed by atoms with Gasteiger partial charge in [-0.25, -0.2) is 9.18 Å². The highest BCUT2D eigenvalue weighted by Gasteiger charge is 2.28. The summed E-state index contributed by atoms with van der Waals surface area (Å²) in [5, 5.41) is 0. The third-order valence-electron chi connectivity index (χ3n) is 2.77. The standard InChI is InChI=1S/C11H14FN3O/c1-2-14-5-6-15(11(14)16)8-3-4-10(13)9(12)7-8/h3-4,7H,2,5-6,13H2,1H3. The van der Waals surface area contributed by atoms with E-state index in [4.69, 9.17) is 5.73 Å². The summed E-state index contributed by atoms with van der Waals surface area (Å²) in [5.41, 5.74) is 6.05. The Labute approximate surface area is 93.4 Å². The van der Waals surface area contributed by atoms with Crippen molar-refractivity contribution in [2.24, 2.45) is 0 Å². The molecule has 1 heterocycles. The van der Waals surface area contributed by atoms with Gasteiger partial charge in [0.15, 0.2) is 0 Å². The Hall–Kier alpha value is -1.78. The fraction of sp³-hybridized carbons (Fsp3) is 0.364. The minimum Gasteiger partial charge on any atom is -0.396 e. The van der Waals surface area contributed by atoms with E-state index in [1.807, 2.05) is 6.92 Å². The number of hydrogen-bond donors (Lipinski definition) is 1. The molecule has 5 heteroatoms. The van der Waals surface area contributed by atoms with Crippen molar-refractivity contribution in [1.29, 1.82) is 0 Å². The first-order valence-corrected chi connectivity index (χ1v) is 5.25. The number of rotatable bonds is 2. The van der Waals surface area contributed by atoms with Gasteiger partial charge in [-0.05, 0) is 25.1 Å². The molecule has 16 heavy (non-hydrogen) atoms. The zero-order valence-electron chi connectivity index (χ0n) is 9.11. The number of carbonyl (C=O) groups is 1. The number of nitrogens with zero attached hydrogens (tertiary/aromatic N) is 2.